The normalized spacial score (nSPS) is 22.4. The van der Waals surface area contributed by atoms with E-state index in [-0.39, 0.29) is 11.9 Å². The van der Waals surface area contributed by atoms with Gasteiger partial charge in [-0.15, -0.1) is 0 Å². The third kappa shape index (κ3) is 3.27. The number of Topliss-reactive ketones (excluding diaryl/α,β-unsaturated/α-hetero) is 1. The van der Waals surface area contributed by atoms with Crippen molar-refractivity contribution in [2.24, 2.45) is 5.92 Å². The quantitative estimate of drug-likeness (QED) is 0.626. The van der Waals surface area contributed by atoms with Crippen LogP contribution in [0.15, 0.2) is 24.3 Å². The maximum absolute atomic E-state index is 12.3. The highest BCUT2D eigenvalue weighted by Crippen LogP contribution is 2.26. The number of aryl methyl sites for hydroxylation is 1. The summed E-state index contributed by atoms with van der Waals surface area (Å²) in [6, 6.07) is 7.40. The van der Waals surface area contributed by atoms with Crippen molar-refractivity contribution in [1.29, 1.82) is 0 Å². The van der Waals surface area contributed by atoms with Gasteiger partial charge in [0.2, 0.25) is 5.78 Å². The highest BCUT2D eigenvalue weighted by Gasteiger charge is 2.28. The number of nitrogens with zero attached hydrogens (tertiary/aromatic N) is 1. The van der Waals surface area contributed by atoms with E-state index in [0.29, 0.717) is 5.56 Å². The van der Waals surface area contributed by atoms with Gasteiger partial charge in [-0.2, -0.15) is 0 Å². The van der Waals surface area contributed by atoms with E-state index < -0.39 is 5.78 Å². The average Bonchev–Trinajstić information content (AvgIpc) is 2.46. The maximum Gasteiger partial charge on any atom is 0.294 e. The molecule has 1 aliphatic carbocycles. The zero-order valence-electron chi connectivity index (χ0n) is 12.6. The lowest BCUT2D eigenvalue weighted by atomic mass is 9.86. The number of ketones is 1. The molecule has 1 aromatic rings. The van der Waals surface area contributed by atoms with Crippen LogP contribution < -0.4 is 0 Å². The number of amides is 1. The predicted octanol–water partition coefficient (Wildman–Crippen LogP) is 3.21. The fourth-order valence-corrected chi connectivity index (χ4v) is 2.78. The number of carbonyl (C=O) groups excluding carboxylic acids is 2. The van der Waals surface area contributed by atoms with Gasteiger partial charge in [0.1, 0.15) is 0 Å². The van der Waals surface area contributed by atoms with Crippen LogP contribution >= 0.6 is 0 Å². The Kier molecular flexibility index (Phi) is 4.58. The Hall–Kier alpha value is -1.64. The minimum absolute atomic E-state index is 0.216. The SMILES string of the molecule is Cc1ccc(C(=O)C(=O)N(C)C2CCC(C)CC2)cc1. The number of benzene rings is 1. The van der Waals surface area contributed by atoms with Crippen molar-refractivity contribution in [3.63, 3.8) is 0 Å². The predicted molar refractivity (Wildman–Crippen MR) is 79.7 cm³/mol. The van der Waals surface area contributed by atoms with E-state index in [1.165, 1.54) is 0 Å². The number of likely N-dealkylation sites (N-methyl/N-ethyl adjacent to an activating group) is 1. The Morgan fingerprint density at radius 3 is 2.15 bits per heavy atom. The number of rotatable bonds is 3. The second-order valence-electron chi connectivity index (χ2n) is 6.02. The Bertz CT molecular complexity index is 484. The molecular weight excluding hydrogens is 250 g/mol. The third-order valence-electron chi connectivity index (χ3n) is 4.36. The van der Waals surface area contributed by atoms with Gasteiger partial charge in [0.15, 0.2) is 0 Å². The van der Waals surface area contributed by atoms with Crippen LogP contribution in [0.2, 0.25) is 0 Å². The molecule has 0 bridgehead atoms. The van der Waals surface area contributed by atoms with E-state index in [2.05, 4.69) is 6.92 Å². The summed E-state index contributed by atoms with van der Waals surface area (Å²) in [6.07, 6.45) is 4.29. The molecule has 0 atom stereocenters. The van der Waals surface area contributed by atoms with Crippen LogP contribution in [0.4, 0.5) is 0 Å². The van der Waals surface area contributed by atoms with Gasteiger partial charge >= 0.3 is 0 Å². The van der Waals surface area contributed by atoms with Gasteiger partial charge in [-0.1, -0.05) is 36.8 Å². The Balaban J connectivity index is 2.02. The first-order valence-corrected chi connectivity index (χ1v) is 7.37. The molecule has 2 rings (SSSR count). The summed E-state index contributed by atoms with van der Waals surface area (Å²) >= 11 is 0. The second kappa shape index (κ2) is 6.21. The van der Waals surface area contributed by atoms with Gasteiger partial charge in [0.05, 0.1) is 0 Å². The van der Waals surface area contributed by atoms with Gasteiger partial charge < -0.3 is 4.90 Å². The van der Waals surface area contributed by atoms with Crippen LogP contribution in [-0.2, 0) is 4.79 Å². The van der Waals surface area contributed by atoms with Crippen LogP contribution in [0.5, 0.6) is 0 Å². The largest absolute Gasteiger partial charge is 0.336 e. The van der Waals surface area contributed by atoms with Gasteiger partial charge in [0, 0.05) is 18.7 Å². The monoisotopic (exact) mass is 273 g/mol. The zero-order chi connectivity index (χ0) is 14.7. The molecule has 0 unspecified atom stereocenters. The molecule has 1 amide bonds. The molecule has 108 valence electrons. The summed E-state index contributed by atoms with van der Waals surface area (Å²) < 4.78 is 0. The number of hydrogen-bond donors (Lipinski definition) is 0. The van der Waals surface area contributed by atoms with E-state index in [1.54, 1.807) is 24.1 Å². The molecule has 1 saturated carbocycles. The molecule has 0 heterocycles. The molecule has 1 aliphatic rings. The van der Waals surface area contributed by atoms with Gasteiger partial charge in [0.25, 0.3) is 5.91 Å². The van der Waals surface area contributed by atoms with Crippen molar-refractivity contribution in [2.45, 2.75) is 45.6 Å². The number of hydrogen-bond acceptors (Lipinski definition) is 2. The van der Waals surface area contributed by atoms with E-state index in [9.17, 15) is 9.59 Å². The molecule has 3 heteroatoms. The van der Waals surface area contributed by atoms with Gasteiger partial charge in [-0.25, -0.2) is 0 Å². The Labute approximate surface area is 121 Å². The zero-order valence-corrected chi connectivity index (χ0v) is 12.6. The summed E-state index contributed by atoms with van der Waals surface area (Å²) in [5, 5.41) is 0. The molecule has 0 spiro atoms. The molecule has 3 nitrogen and oxygen atoms in total. The topological polar surface area (TPSA) is 37.4 Å². The maximum atomic E-state index is 12.3. The van der Waals surface area contributed by atoms with Crippen LogP contribution in [0.1, 0.15) is 48.5 Å². The fourth-order valence-electron chi connectivity index (χ4n) is 2.78. The van der Waals surface area contributed by atoms with Crippen molar-refractivity contribution < 1.29 is 9.59 Å². The van der Waals surface area contributed by atoms with Crippen LogP contribution in [0.3, 0.4) is 0 Å². The van der Waals surface area contributed by atoms with Crippen LogP contribution in [0.25, 0.3) is 0 Å². The minimum atomic E-state index is -0.397. The van der Waals surface area contributed by atoms with E-state index >= 15 is 0 Å². The highest BCUT2D eigenvalue weighted by atomic mass is 16.2. The van der Waals surface area contributed by atoms with E-state index in [4.69, 9.17) is 0 Å². The van der Waals surface area contributed by atoms with E-state index in [0.717, 1.165) is 37.2 Å². The fraction of sp³-hybridized carbons (Fsp3) is 0.529. The van der Waals surface area contributed by atoms with Gasteiger partial charge in [-0.05, 0) is 38.5 Å². The van der Waals surface area contributed by atoms with Crippen LogP contribution in [0, 0.1) is 12.8 Å². The standard InChI is InChI=1S/C17H23NO2/c1-12-4-8-14(9-5-12)16(19)17(20)18(3)15-10-6-13(2)7-11-15/h4-5,8-9,13,15H,6-7,10-11H2,1-3H3. The molecule has 0 aromatic heterocycles. The summed E-state index contributed by atoms with van der Waals surface area (Å²) in [5.74, 6) is -0.0397. The Morgan fingerprint density at radius 1 is 1.05 bits per heavy atom. The smallest absolute Gasteiger partial charge is 0.294 e. The lowest BCUT2D eigenvalue weighted by Crippen LogP contribution is -2.42. The first-order valence-electron chi connectivity index (χ1n) is 7.37. The summed E-state index contributed by atoms with van der Waals surface area (Å²) in [5.41, 5.74) is 1.57. The molecule has 0 saturated heterocycles. The molecule has 20 heavy (non-hydrogen) atoms. The second-order valence-corrected chi connectivity index (χ2v) is 6.02. The molecule has 0 aliphatic heterocycles. The molecule has 1 aromatic carbocycles. The number of carbonyl (C=O) groups is 2. The molecule has 1 fully saturated rings. The first-order chi connectivity index (χ1) is 9.49. The van der Waals surface area contributed by atoms with Crippen molar-refractivity contribution >= 4 is 11.7 Å². The van der Waals surface area contributed by atoms with E-state index in [1.807, 2.05) is 19.1 Å². The third-order valence-corrected chi connectivity index (χ3v) is 4.36. The summed E-state index contributed by atoms with van der Waals surface area (Å²) in [7, 11) is 1.76. The lowest BCUT2D eigenvalue weighted by molar-refractivity contribution is -0.127. The van der Waals surface area contributed by atoms with Crippen LogP contribution in [-0.4, -0.2) is 29.7 Å². The first kappa shape index (κ1) is 14.8. The van der Waals surface area contributed by atoms with Crippen molar-refractivity contribution in [2.75, 3.05) is 7.05 Å². The summed E-state index contributed by atoms with van der Waals surface area (Å²) in [6.45, 7) is 4.21. The Morgan fingerprint density at radius 2 is 1.60 bits per heavy atom. The van der Waals surface area contributed by atoms with Crippen molar-refractivity contribution in [3.05, 3.63) is 35.4 Å². The molecular formula is C17H23NO2. The summed E-state index contributed by atoms with van der Waals surface area (Å²) in [4.78, 5) is 26.1. The highest BCUT2D eigenvalue weighted by molar-refractivity contribution is 6.42. The van der Waals surface area contributed by atoms with Crippen molar-refractivity contribution in [1.82, 2.24) is 4.90 Å². The lowest BCUT2D eigenvalue weighted by Gasteiger charge is -2.33. The van der Waals surface area contributed by atoms with Crippen molar-refractivity contribution in [3.8, 4) is 0 Å². The van der Waals surface area contributed by atoms with Gasteiger partial charge in [-0.3, -0.25) is 9.59 Å². The molecule has 0 N–H and O–H groups in total. The average molecular weight is 273 g/mol. The molecule has 0 radical (unpaired) electrons. The minimum Gasteiger partial charge on any atom is -0.336 e.